The fourth-order valence-corrected chi connectivity index (χ4v) is 2.41. The van der Waals surface area contributed by atoms with Crippen LogP contribution in [0.15, 0.2) is 36.5 Å². The van der Waals surface area contributed by atoms with Crippen LogP contribution in [0.1, 0.15) is 5.56 Å². The van der Waals surface area contributed by atoms with Gasteiger partial charge >= 0.3 is 5.00 Å². The number of benzene rings is 1. The summed E-state index contributed by atoms with van der Waals surface area (Å²) in [5.41, 5.74) is 1.06. The van der Waals surface area contributed by atoms with Crippen LogP contribution in [0.5, 0.6) is 0 Å². The number of hydrogen-bond donors (Lipinski definition) is 1. The first kappa shape index (κ1) is 13.4. The van der Waals surface area contributed by atoms with Crippen LogP contribution in [-0.2, 0) is 6.54 Å². The highest BCUT2D eigenvalue weighted by Crippen LogP contribution is 2.29. The molecule has 0 amide bonds. The molecule has 0 spiro atoms. The van der Waals surface area contributed by atoms with E-state index in [4.69, 9.17) is 5.11 Å². The third kappa shape index (κ3) is 3.49. The summed E-state index contributed by atoms with van der Waals surface area (Å²) in [5.74, 6) is 0. The molecule has 0 aliphatic rings. The summed E-state index contributed by atoms with van der Waals surface area (Å²) < 4.78 is 0. The standard InChI is InChI=1S/C12H13N3O3S/c16-7-6-14(9-10-4-2-1-3-5-10)12-13-8-11(19-12)15(17)18/h1-5,8,16H,6-7,9H2. The van der Waals surface area contributed by atoms with Gasteiger partial charge in [0.15, 0.2) is 5.13 Å². The van der Waals surface area contributed by atoms with E-state index in [2.05, 4.69) is 4.98 Å². The van der Waals surface area contributed by atoms with E-state index in [0.29, 0.717) is 18.2 Å². The van der Waals surface area contributed by atoms with Gasteiger partial charge in [0.05, 0.1) is 11.5 Å². The molecule has 0 aliphatic carbocycles. The Bertz CT molecular complexity index is 544. The van der Waals surface area contributed by atoms with Crippen molar-refractivity contribution in [3.05, 3.63) is 52.2 Å². The maximum atomic E-state index is 10.7. The van der Waals surface area contributed by atoms with Gasteiger partial charge in [-0.3, -0.25) is 10.1 Å². The molecule has 0 fully saturated rings. The van der Waals surface area contributed by atoms with Gasteiger partial charge in [-0.15, -0.1) is 0 Å². The van der Waals surface area contributed by atoms with Crippen LogP contribution in [0, 0.1) is 10.1 Å². The first-order valence-electron chi connectivity index (χ1n) is 5.70. The summed E-state index contributed by atoms with van der Waals surface area (Å²) >= 11 is 1.01. The second-order valence-electron chi connectivity index (χ2n) is 3.87. The zero-order valence-electron chi connectivity index (χ0n) is 10.1. The first-order chi connectivity index (χ1) is 9.20. The number of anilines is 1. The highest BCUT2D eigenvalue weighted by molar-refractivity contribution is 7.18. The molecular formula is C12H13N3O3S. The first-order valence-corrected chi connectivity index (χ1v) is 6.52. The highest BCUT2D eigenvalue weighted by atomic mass is 32.1. The van der Waals surface area contributed by atoms with Crippen molar-refractivity contribution in [3.8, 4) is 0 Å². The summed E-state index contributed by atoms with van der Waals surface area (Å²) in [7, 11) is 0. The van der Waals surface area contributed by atoms with Gasteiger partial charge in [-0.2, -0.15) is 0 Å². The second-order valence-corrected chi connectivity index (χ2v) is 4.86. The molecule has 7 heteroatoms. The fraction of sp³-hybridized carbons (Fsp3) is 0.250. The molecule has 1 N–H and O–H groups in total. The third-order valence-electron chi connectivity index (χ3n) is 2.52. The van der Waals surface area contributed by atoms with E-state index in [-0.39, 0.29) is 11.6 Å². The minimum atomic E-state index is -0.458. The number of rotatable bonds is 6. The van der Waals surface area contributed by atoms with Crippen molar-refractivity contribution in [3.63, 3.8) is 0 Å². The monoisotopic (exact) mass is 279 g/mol. The van der Waals surface area contributed by atoms with Gasteiger partial charge in [-0.25, -0.2) is 4.98 Å². The van der Waals surface area contributed by atoms with Crippen molar-refractivity contribution in [2.75, 3.05) is 18.1 Å². The van der Waals surface area contributed by atoms with Crippen LogP contribution < -0.4 is 4.90 Å². The highest BCUT2D eigenvalue weighted by Gasteiger charge is 2.16. The number of aromatic nitrogens is 1. The molecule has 0 atom stereocenters. The summed E-state index contributed by atoms with van der Waals surface area (Å²) in [4.78, 5) is 16.1. The lowest BCUT2D eigenvalue weighted by atomic mass is 10.2. The van der Waals surface area contributed by atoms with E-state index in [1.807, 2.05) is 35.2 Å². The molecule has 19 heavy (non-hydrogen) atoms. The largest absolute Gasteiger partial charge is 0.395 e. The molecule has 0 radical (unpaired) electrons. The Hall–Kier alpha value is -1.99. The predicted molar refractivity (Wildman–Crippen MR) is 73.3 cm³/mol. The maximum absolute atomic E-state index is 10.7. The summed E-state index contributed by atoms with van der Waals surface area (Å²) in [5, 5.41) is 20.3. The molecular weight excluding hydrogens is 266 g/mol. The van der Waals surface area contributed by atoms with Crippen LogP contribution >= 0.6 is 11.3 Å². The Morgan fingerprint density at radius 1 is 1.37 bits per heavy atom. The fourth-order valence-electron chi connectivity index (χ4n) is 1.65. The molecule has 0 unspecified atom stereocenters. The Balaban J connectivity index is 2.17. The maximum Gasteiger partial charge on any atom is 0.345 e. The number of nitro groups is 1. The third-order valence-corrected chi connectivity index (χ3v) is 3.53. The molecule has 0 bridgehead atoms. The lowest BCUT2D eigenvalue weighted by molar-refractivity contribution is -0.380. The Kier molecular flexibility index (Phi) is 4.43. The SMILES string of the molecule is O=[N+]([O-])c1cnc(N(CCO)Cc2ccccc2)s1. The Morgan fingerprint density at radius 2 is 2.11 bits per heavy atom. The summed E-state index contributed by atoms with van der Waals surface area (Å²) in [6, 6.07) is 9.71. The molecule has 0 saturated carbocycles. The molecule has 1 aromatic carbocycles. The van der Waals surface area contributed by atoms with E-state index in [0.717, 1.165) is 16.9 Å². The van der Waals surface area contributed by atoms with Gasteiger partial charge in [0.25, 0.3) is 0 Å². The molecule has 0 aliphatic heterocycles. The van der Waals surface area contributed by atoms with Crippen LogP contribution in [-0.4, -0.2) is 28.2 Å². The van der Waals surface area contributed by atoms with E-state index in [1.165, 1.54) is 6.20 Å². The van der Waals surface area contributed by atoms with E-state index < -0.39 is 4.92 Å². The number of aliphatic hydroxyl groups excluding tert-OH is 1. The average Bonchev–Trinajstić information content (AvgIpc) is 2.89. The van der Waals surface area contributed by atoms with Crippen molar-refractivity contribution < 1.29 is 10.0 Å². The van der Waals surface area contributed by atoms with Crippen molar-refractivity contribution >= 4 is 21.5 Å². The van der Waals surface area contributed by atoms with Gasteiger partial charge in [-0.1, -0.05) is 30.3 Å². The van der Waals surface area contributed by atoms with Gasteiger partial charge in [0.1, 0.15) is 6.20 Å². The molecule has 2 rings (SSSR count). The number of nitrogens with zero attached hydrogens (tertiary/aromatic N) is 3. The van der Waals surface area contributed by atoms with Crippen LogP contribution in [0.25, 0.3) is 0 Å². The van der Waals surface area contributed by atoms with E-state index in [9.17, 15) is 10.1 Å². The van der Waals surface area contributed by atoms with Gasteiger partial charge < -0.3 is 10.0 Å². The molecule has 2 aromatic rings. The Morgan fingerprint density at radius 3 is 2.68 bits per heavy atom. The van der Waals surface area contributed by atoms with E-state index >= 15 is 0 Å². The van der Waals surface area contributed by atoms with Gasteiger partial charge in [0, 0.05) is 13.1 Å². The predicted octanol–water partition coefficient (Wildman–Crippen LogP) is 2.05. The zero-order valence-corrected chi connectivity index (χ0v) is 10.9. The van der Waals surface area contributed by atoms with Crippen molar-refractivity contribution in [2.45, 2.75) is 6.54 Å². The van der Waals surface area contributed by atoms with E-state index in [1.54, 1.807) is 0 Å². The molecule has 1 aromatic heterocycles. The number of hydrogen-bond acceptors (Lipinski definition) is 6. The van der Waals surface area contributed by atoms with Crippen LogP contribution in [0.2, 0.25) is 0 Å². The van der Waals surface area contributed by atoms with Crippen LogP contribution in [0.4, 0.5) is 10.1 Å². The summed E-state index contributed by atoms with van der Waals surface area (Å²) in [6.45, 7) is 0.922. The average molecular weight is 279 g/mol. The zero-order chi connectivity index (χ0) is 13.7. The lowest BCUT2D eigenvalue weighted by Crippen LogP contribution is -2.25. The minimum Gasteiger partial charge on any atom is -0.395 e. The molecule has 6 nitrogen and oxygen atoms in total. The minimum absolute atomic E-state index is 0.00556. The van der Waals surface area contributed by atoms with Gasteiger partial charge in [-0.05, 0) is 16.9 Å². The topological polar surface area (TPSA) is 79.5 Å². The number of thiazole rings is 1. The van der Waals surface area contributed by atoms with Crippen molar-refractivity contribution in [2.24, 2.45) is 0 Å². The molecule has 0 saturated heterocycles. The second kappa shape index (κ2) is 6.26. The van der Waals surface area contributed by atoms with Crippen molar-refractivity contribution in [1.29, 1.82) is 0 Å². The van der Waals surface area contributed by atoms with Gasteiger partial charge in [0.2, 0.25) is 0 Å². The molecule has 1 heterocycles. The van der Waals surface area contributed by atoms with Crippen LogP contribution in [0.3, 0.4) is 0 Å². The summed E-state index contributed by atoms with van der Waals surface area (Å²) in [6.07, 6.45) is 1.25. The normalized spacial score (nSPS) is 10.4. The number of aliphatic hydroxyl groups is 1. The smallest absolute Gasteiger partial charge is 0.345 e. The Labute approximate surface area is 114 Å². The quantitative estimate of drug-likeness (QED) is 0.646. The van der Waals surface area contributed by atoms with Crippen molar-refractivity contribution in [1.82, 2.24) is 4.98 Å². The lowest BCUT2D eigenvalue weighted by Gasteiger charge is -2.20. The molecule has 100 valence electrons.